The van der Waals surface area contributed by atoms with Gasteiger partial charge in [0.25, 0.3) is 0 Å². The third-order valence-electron chi connectivity index (χ3n) is 3.07. The molecule has 1 heterocycles. The van der Waals surface area contributed by atoms with Crippen molar-refractivity contribution in [2.45, 2.75) is 0 Å². The zero-order valence-electron chi connectivity index (χ0n) is 11.6. The fraction of sp³-hybridized carbons (Fsp3) is 0. The maximum atomic E-state index is 12.7. The predicted molar refractivity (Wildman–Crippen MR) is 92.7 cm³/mol. The number of hydrogen-bond donors (Lipinski definition) is 0. The molecule has 108 valence electrons. The van der Waals surface area contributed by atoms with E-state index in [0.717, 1.165) is 11.3 Å². The maximum absolute atomic E-state index is 12.7. The molecule has 2 nitrogen and oxygen atoms in total. The van der Waals surface area contributed by atoms with Crippen molar-refractivity contribution >= 4 is 40.1 Å². The summed E-state index contributed by atoms with van der Waals surface area (Å²) in [6, 6.07) is 20.3. The van der Waals surface area contributed by atoms with Crippen molar-refractivity contribution in [1.82, 2.24) is 0 Å². The highest BCUT2D eigenvalue weighted by atomic mass is 35.5. The Hall–Kier alpha value is -2.23. The minimum atomic E-state index is -0.0822. The highest BCUT2D eigenvalue weighted by Crippen LogP contribution is 2.19. The number of hydrogen-bond acceptors (Lipinski definition) is 3. The van der Waals surface area contributed by atoms with Crippen molar-refractivity contribution in [3.63, 3.8) is 0 Å². The lowest BCUT2D eigenvalue weighted by Crippen LogP contribution is -2.14. The van der Waals surface area contributed by atoms with E-state index in [1.54, 1.807) is 12.1 Å². The first-order chi connectivity index (χ1) is 10.7. The number of carbonyl (C=O) groups excluding carboxylic acids is 1. The Morgan fingerprint density at radius 2 is 1.64 bits per heavy atom. The molecule has 0 saturated heterocycles. The summed E-state index contributed by atoms with van der Waals surface area (Å²) < 4.78 is 0. The molecule has 3 aromatic rings. The zero-order valence-corrected chi connectivity index (χ0v) is 13.1. The van der Waals surface area contributed by atoms with Gasteiger partial charge in [0.2, 0.25) is 5.78 Å². The van der Waals surface area contributed by atoms with Gasteiger partial charge in [-0.2, -0.15) is 0 Å². The van der Waals surface area contributed by atoms with E-state index in [0.29, 0.717) is 15.6 Å². The molecule has 0 N–H and O–H groups in total. The van der Waals surface area contributed by atoms with Crippen LogP contribution in [0.2, 0.25) is 5.02 Å². The molecular weight excluding hydrogens is 314 g/mol. The Morgan fingerprint density at radius 1 is 0.909 bits per heavy atom. The van der Waals surface area contributed by atoms with Crippen LogP contribution in [0.5, 0.6) is 0 Å². The largest absolute Gasteiger partial charge is 0.286 e. The number of para-hydroxylation sites is 1. The molecule has 0 atom stereocenters. The lowest BCUT2D eigenvalue weighted by Gasteiger charge is -2.05. The van der Waals surface area contributed by atoms with E-state index < -0.39 is 0 Å². The summed E-state index contributed by atoms with van der Waals surface area (Å²) in [7, 11) is 0. The average molecular weight is 326 g/mol. The molecule has 2 aromatic carbocycles. The maximum Gasteiger partial charge on any atom is 0.221 e. The van der Waals surface area contributed by atoms with Gasteiger partial charge < -0.3 is 0 Å². The van der Waals surface area contributed by atoms with Crippen LogP contribution in [0.25, 0.3) is 0 Å². The molecule has 3 rings (SSSR count). The number of benzene rings is 2. The second kappa shape index (κ2) is 6.69. The Balaban J connectivity index is 2.08. The van der Waals surface area contributed by atoms with Crippen molar-refractivity contribution in [2.24, 2.45) is 4.99 Å². The van der Waals surface area contributed by atoms with E-state index in [-0.39, 0.29) is 5.78 Å². The zero-order chi connectivity index (χ0) is 15.4. The molecule has 1 aromatic heterocycles. The van der Waals surface area contributed by atoms with Crippen molar-refractivity contribution in [1.29, 1.82) is 0 Å². The summed E-state index contributed by atoms with van der Waals surface area (Å²) in [6.07, 6.45) is 0. The number of rotatable bonds is 4. The number of halogens is 1. The molecule has 0 aliphatic rings. The van der Waals surface area contributed by atoms with Gasteiger partial charge in [-0.3, -0.25) is 4.79 Å². The summed E-state index contributed by atoms with van der Waals surface area (Å²) in [5.74, 6) is -0.0822. The highest BCUT2D eigenvalue weighted by Gasteiger charge is 2.17. The second-order valence-corrected chi connectivity index (χ2v) is 5.99. The van der Waals surface area contributed by atoms with E-state index in [4.69, 9.17) is 11.6 Å². The van der Waals surface area contributed by atoms with Gasteiger partial charge in [-0.15, -0.1) is 11.3 Å². The van der Waals surface area contributed by atoms with Crippen molar-refractivity contribution in [2.75, 3.05) is 0 Å². The summed E-state index contributed by atoms with van der Waals surface area (Å²) in [4.78, 5) is 18.0. The highest BCUT2D eigenvalue weighted by molar-refractivity contribution is 7.13. The first-order valence-electron chi connectivity index (χ1n) is 6.72. The lowest BCUT2D eigenvalue weighted by molar-refractivity contribution is 0.107. The van der Waals surface area contributed by atoms with Crippen molar-refractivity contribution in [3.05, 3.63) is 87.6 Å². The van der Waals surface area contributed by atoms with Crippen LogP contribution in [0.4, 0.5) is 5.69 Å². The molecule has 0 saturated carbocycles. The number of thiophene rings is 1. The van der Waals surface area contributed by atoms with Crippen LogP contribution < -0.4 is 0 Å². The van der Waals surface area contributed by atoms with Gasteiger partial charge in [0.1, 0.15) is 5.71 Å². The minimum absolute atomic E-state index is 0.0822. The Labute approximate surface area is 137 Å². The second-order valence-electron chi connectivity index (χ2n) is 4.61. The molecule has 0 fully saturated rings. The third-order valence-corrected chi connectivity index (χ3v) is 4.20. The van der Waals surface area contributed by atoms with Crippen molar-refractivity contribution < 1.29 is 4.79 Å². The van der Waals surface area contributed by atoms with Gasteiger partial charge >= 0.3 is 0 Å². The summed E-state index contributed by atoms with van der Waals surface area (Å²) >= 11 is 7.34. The van der Waals surface area contributed by atoms with E-state index in [1.165, 1.54) is 11.3 Å². The van der Waals surface area contributed by atoms with Crippen LogP contribution in [0.1, 0.15) is 15.2 Å². The summed E-state index contributed by atoms with van der Waals surface area (Å²) in [5, 5.41) is 2.52. The molecule has 0 radical (unpaired) electrons. The van der Waals surface area contributed by atoms with E-state index in [1.807, 2.05) is 60.0 Å². The summed E-state index contributed by atoms with van der Waals surface area (Å²) in [6.45, 7) is 0. The fourth-order valence-electron chi connectivity index (χ4n) is 2.01. The van der Waals surface area contributed by atoms with Gasteiger partial charge in [0.05, 0.1) is 10.6 Å². The smallest absolute Gasteiger partial charge is 0.221 e. The van der Waals surface area contributed by atoms with Crippen LogP contribution in [0.15, 0.2) is 77.1 Å². The first kappa shape index (κ1) is 14.7. The normalized spacial score (nSPS) is 11.4. The molecule has 4 heteroatoms. The van der Waals surface area contributed by atoms with E-state index in [2.05, 4.69) is 4.99 Å². The topological polar surface area (TPSA) is 29.4 Å². The molecule has 0 spiro atoms. The number of ketones is 1. The monoisotopic (exact) mass is 325 g/mol. The number of carbonyl (C=O) groups is 1. The lowest BCUT2D eigenvalue weighted by atomic mass is 10.1. The fourth-order valence-corrected chi connectivity index (χ4v) is 2.80. The minimum Gasteiger partial charge on any atom is -0.286 e. The average Bonchev–Trinajstić information content (AvgIpc) is 3.08. The van der Waals surface area contributed by atoms with Crippen LogP contribution >= 0.6 is 22.9 Å². The third kappa shape index (κ3) is 3.32. The predicted octanol–water partition coefficient (Wildman–Crippen LogP) is 5.41. The molecule has 0 aliphatic carbocycles. The molecule has 22 heavy (non-hydrogen) atoms. The van der Waals surface area contributed by atoms with Gasteiger partial charge in [-0.1, -0.05) is 48.0 Å². The standard InChI is InChI=1S/C18H12ClNOS/c19-14-10-8-13(9-11-14)17(18(21)16-7-4-12-22-16)20-15-5-2-1-3-6-15/h1-12H. The van der Waals surface area contributed by atoms with E-state index >= 15 is 0 Å². The number of Topliss-reactive ketones (excluding diaryl/α,β-unsaturated/α-hetero) is 1. The quantitative estimate of drug-likeness (QED) is 0.466. The summed E-state index contributed by atoms with van der Waals surface area (Å²) in [5.41, 5.74) is 1.93. The Bertz CT molecular complexity index is 793. The number of aliphatic imine (C=N–C) groups is 1. The van der Waals surface area contributed by atoms with Gasteiger partial charge in [0, 0.05) is 10.6 Å². The van der Waals surface area contributed by atoms with E-state index in [9.17, 15) is 4.79 Å². The first-order valence-corrected chi connectivity index (χ1v) is 7.98. The molecule has 0 bridgehead atoms. The Morgan fingerprint density at radius 3 is 2.27 bits per heavy atom. The molecule has 0 amide bonds. The van der Waals surface area contributed by atoms with Crippen LogP contribution in [0, 0.1) is 0 Å². The van der Waals surface area contributed by atoms with Crippen molar-refractivity contribution in [3.8, 4) is 0 Å². The van der Waals surface area contributed by atoms with Gasteiger partial charge in [0.15, 0.2) is 0 Å². The van der Waals surface area contributed by atoms with Gasteiger partial charge in [-0.05, 0) is 35.7 Å². The SMILES string of the molecule is O=C(C(=Nc1ccccc1)c1ccc(Cl)cc1)c1cccs1. The van der Waals surface area contributed by atoms with Crippen LogP contribution in [-0.2, 0) is 0 Å². The van der Waals surface area contributed by atoms with Crippen LogP contribution in [0.3, 0.4) is 0 Å². The molecule has 0 aliphatic heterocycles. The molecular formula is C18H12ClNOS. The number of nitrogens with zero attached hydrogens (tertiary/aromatic N) is 1. The van der Waals surface area contributed by atoms with Crippen LogP contribution in [-0.4, -0.2) is 11.5 Å². The van der Waals surface area contributed by atoms with Gasteiger partial charge in [-0.25, -0.2) is 4.99 Å². The molecule has 0 unspecified atom stereocenters. The Kier molecular flexibility index (Phi) is 4.47.